The van der Waals surface area contributed by atoms with Gasteiger partial charge in [-0.15, -0.1) is 0 Å². The number of rotatable bonds is 3. The van der Waals surface area contributed by atoms with Gasteiger partial charge in [-0.2, -0.15) is 0 Å². The molecule has 0 rings (SSSR count). The lowest BCUT2D eigenvalue weighted by molar-refractivity contribution is -0.133. The lowest BCUT2D eigenvalue weighted by Gasteiger charge is -2.10. The fraction of sp³-hybridized carbons (Fsp3) is 0.571. The van der Waals surface area contributed by atoms with Gasteiger partial charge in [0.2, 0.25) is 0 Å². The number of hydrogen-bond donors (Lipinski definition) is 3. The van der Waals surface area contributed by atoms with E-state index in [2.05, 4.69) is 0 Å². The smallest absolute Gasteiger partial charge is 0.336 e. The lowest BCUT2D eigenvalue weighted by atomic mass is 10.1. The largest absolute Gasteiger partial charge is 0.509 e. The molecule has 4 N–H and O–H groups in total. The Bertz CT molecular complexity index is 211. The molecule has 0 aromatic heterocycles. The molecule has 0 heterocycles. The predicted octanol–water partition coefficient (Wildman–Crippen LogP) is 0.588. The molecule has 0 aromatic carbocycles. The zero-order valence-corrected chi connectivity index (χ0v) is 6.91. The molecule has 0 radical (unpaired) electrons. The van der Waals surface area contributed by atoms with E-state index in [1.54, 1.807) is 0 Å². The maximum absolute atomic E-state index is 12.4. The topological polar surface area (TPSA) is 83.6 Å². The third-order valence-corrected chi connectivity index (χ3v) is 1.34. The van der Waals surface area contributed by atoms with Crippen LogP contribution >= 0.6 is 0 Å². The first-order valence-electron chi connectivity index (χ1n) is 3.43. The SMILES string of the molecule is CC(N)/C(C(=O)O)=C(\O)C(C)F. The highest BCUT2D eigenvalue weighted by Crippen LogP contribution is 2.11. The van der Waals surface area contributed by atoms with Crippen molar-refractivity contribution in [3.8, 4) is 0 Å². The van der Waals surface area contributed by atoms with Crippen LogP contribution in [-0.4, -0.2) is 28.4 Å². The lowest BCUT2D eigenvalue weighted by Crippen LogP contribution is -2.27. The molecule has 0 amide bonds. The van der Waals surface area contributed by atoms with Crippen LogP contribution in [0.1, 0.15) is 13.8 Å². The van der Waals surface area contributed by atoms with E-state index < -0.39 is 29.5 Å². The second-order valence-electron chi connectivity index (χ2n) is 2.51. The molecule has 2 unspecified atom stereocenters. The first-order valence-corrected chi connectivity index (χ1v) is 3.43. The molecule has 0 saturated carbocycles. The second-order valence-corrected chi connectivity index (χ2v) is 2.51. The summed E-state index contributed by atoms with van der Waals surface area (Å²) in [7, 11) is 0. The Hall–Kier alpha value is -1.10. The van der Waals surface area contributed by atoms with Crippen LogP contribution in [0.2, 0.25) is 0 Å². The molecule has 0 aliphatic carbocycles. The minimum absolute atomic E-state index is 0.481. The zero-order valence-electron chi connectivity index (χ0n) is 6.91. The highest BCUT2D eigenvalue weighted by atomic mass is 19.1. The number of aliphatic carboxylic acids is 1. The van der Waals surface area contributed by atoms with Gasteiger partial charge in [0.15, 0.2) is 6.17 Å². The molecule has 0 fully saturated rings. The fourth-order valence-electron chi connectivity index (χ4n) is 0.752. The van der Waals surface area contributed by atoms with Gasteiger partial charge in [-0.1, -0.05) is 0 Å². The molecular formula is C7H12FNO3. The number of carboxylic acids is 1. The van der Waals surface area contributed by atoms with Crippen molar-refractivity contribution in [2.24, 2.45) is 5.73 Å². The van der Waals surface area contributed by atoms with Crippen molar-refractivity contribution in [2.75, 3.05) is 0 Å². The number of nitrogens with two attached hydrogens (primary N) is 1. The van der Waals surface area contributed by atoms with E-state index in [1.165, 1.54) is 6.92 Å². The quantitative estimate of drug-likeness (QED) is 0.435. The fourth-order valence-corrected chi connectivity index (χ4v) is 0.752. The van der Waals surface area contributed by atoms with Crippen molar-refractivity contribution >= 4 is 5.97 Å². The first-order chi connectivity index (χ1) is 5.37. The number of halogens is 1. The van der Waals surface area contributed by atoms with Crippen LogP contribution in [0, 0.1) is 0 Å². The second kappa shape index (κ2) is 4.06. The van der Waals surface area contributed by atoms with Gasteiger partial charge in [0.05, 0.1) is 5.57 Å². The van der Waals surface area contributed by atoms with Gasteiger partial charge in [0.25, 0.3) is 0 Å². The number of hydrogen-bond acceptors (Lipinski definition) is 3. The van der Waals surface area contributed by atoms with E-state index in [0.29, 0.717) is 0 Å². The van der Waals surface area contributed by atoms with Crippen LogP contribution in [0.15, 0.2) is 11.3 Å². The molecule has 12 heavy (non-hydrogen) atoms. The van der Waals surface area contributed by atoms with Crippen LogP contribution in [0.25, 0.3) is 0 Å². The first kappa shape index (κ1) is 10.9. The summed E-state index contributed by atoms with van der Waals surface area (Å²) in [5.74, 6) is -2.20. The third-order valence-electron chi connectivity index (χ3n) is 1.34. The van der Waals surface area contributed by atoms with Gasteiger partial charge < -0.3 is 15.9 Å². The number of carbonyl (C=O) groups is 1. The van der Waals surface area contributed by atoms with E-state index in [4.69, 9.17) is 15.9 Å². The maximum atomic E-state index is 12.4. The Morgan fingerprint density at radius 2 is 1.83 bits per heavy atom. The highest BCUT2D eigenvalue weighted by molar-refractivity contribution is 5.88. The van der Waals surface area contributed by atoms with Gasteiger partial charge in [-0.05, 0) is 13.8 Å². The maximum Gasteiger partial charge on any atom is 0.336 e. The van der Waals surface area contributed by atoms with Crippen molar-refractivity contribution in [1.82, 2.24) is 0 Å². The van der Waals surface area contributed by atoms with Crippen LogP contribution in [-0.2, 0) is 4.79 Å². The molecule has 5 heteroatoms. The summed E-state index contributed by atoms with van der Waals surface area (Å²) >= 11 is 0. The van der Waals surface area contributed by atoms with Crippen molar-refractivity contribution in [2.45, 2.75) is 26.1 Å². The van der Waals surface area contributed by atoms with E-state index in [-0.39, 0.29) is 0 Å². The molecule has 70 valence electrons. The molecule has 0 saturated heterocycles. The summed E-state index contributed by atoms with van der Waals surface area (Å²) in [4.78, 5) is 10.4. The molecule has 0 bridgehead atoms. The molecule has 0 aliphatic rings. The van der Waals surface area contributed by atoms with Gasteiger partial charge in [0, 0.05) is 6.04 Å². The van der Waals surface area contributed by atoms with E-state index >= 15 is 0 Å². The third kappa shape index (κ3) is 2.50. The average molecular weight is 177 g/mol. The van der Waals surface area contributed by atoms with Crippen molar-refractivity contribution in [1.29, 1.82) is 0 Å². The van der Waals surface area contributed by atoms with Crippen LogP contribution < -0.4 is 5.73 Å². The van der Waals surface area contributed by atoms with Crippen LogP contribution in [0.4, 0.5) is 4.39 Å². The average Bonchev–Trinajstić information content (AvgIpc) is 1.85. The van der Waals surface area contributed by atoms with Crippen molar-refractivity contribution < 1.29 is 19.4 Å². The molecule has 0 aromatic rings. The van der Waals surface area contributed by atoms with Crippen molar-refractivity contribution in [3.63, 3.8) is 0 Å². The number of aliphatic hydroxyl groups excluding tert-OH is 1. The summed E-state index contributed by atoms with van der Waals surface area (Å²) < 4.78 is 12.4. The summed E-state index contributed by atoms with van der Waals surface area (Å²) in [6.45, 7) is 2.41. The molecule has 0 spiro atoms. The Kier molecular flexibility index (Phi) is 3.69. The summed E-state index contributed by atoms with van der Waals surface area (Å²) in [5.41, 5.74) is 4.73. The zero-order chi connectivity index (χ0) is 9.89. The van der Waals surface area contributed by atoms with E-state index in [0.717, 1.165) is 6.92 Å². The van der Waals surface area contributed by atoms with E-state index in [9.17, 15) is 9.18 Å². The molecule has 4 nitrogen and oxygen atoms in total. The summed E-state index contributed by atoms with van der Waals surface area (Å²) in [6.07, 6.45) is -1.71. The molecule has 0 aliphatic heterocycles. The molecular weight excluding hydrogens is 165 g/mol. The standard InChI is InChI=1S/C7H12FNO3/c1-3(8)6(10)5(4(2)9)7(11)12/h3-4,10H,9H2,1-2H3,(H,11,12)/b6-5+. The minimum atomic E-state index is -1.71. The number of alkyl halides is 1. The normalized spacial score (nSPS) is 18.0. The Morgan fingerprint density at radius 1 is 1.42 bits per heavy atom. The predicted molar refractivity (Wildman–Crippen MR) is 41.5 cm³/mol. The number of aliphatic hydroxyl groups is 1. The number of allylic oxidation sites excluding steroid dienone is 1. The number of carboxylic acid groups (broad SMARTS) is 1. The van der Waals surface area contributed by atoms with Crippen molar-refractivity contribution in [3.05, 3.63) is 11.3 Å². The van der Waals surface area contributed by atoms with Gasteiger partial charge in [-0.3, -0.25) is 0 Å². The molecule has 2 atom stereocenters. The summed E-state index contributed by atoms with van der Waals surface area (Å²) in [5, 5.41) is 17.5. The van der Waals surface area contributed by atoms with Gasteiger partial charge >= 0.3 is 5.97 Å². The van der Waals surface area contributed by atoms with Crippen LogP contribution in [0.3, 0.4) is 0 Å². The monoisotopic (exact) mass is 177 g/mol. The van der Waals surface area contributed by atoms with Gasteiger partial charge in [0.1, 0.15) is 5.76 Å². The highest BCUT2D eigenvalue weighted by Gasteiger charge is 2.21. The van der Waals surface area contributed by atoms with E-state index in [1.807, 2.05) is 0 Å². The minimum Gasteiger partial charge on any atom is -0.509 e. The summed E-state index contributed by atoms with van der Waals surface area (Å²) in [6, 6.07) is -0.888. The Morgan fingerprint density at radius 3 is 1.92 bits per heavy atom. The Balaban J connectivity index is 4.94. The van der Waals surface area contributed by atoms with Gasteiger partial charge in [-0.25, -0.2) is 9.18 Å². The Labute approximate surface area is 69.5 Å². The van der Waals surface area contributed by atoms with Crippen LogP contribution in [0.5, 0.6) is 0 Å².